The largest absolute Gasteiger partial charge is 0.338 e. The van der Waals surface area contributed by atoms with Gasteiger partial charge in [0.25, 0.3) is 0 Å². The number of benzene rings is 2. The number of anilines is 1. The minimum atomic E-state index is -0.272. The van der Waals surface area contributed by atoms with Crippen molar-refractivity contribution in [2.45, 2.75) is 18.7 Å². The van der Waals surface area contributed by atoms with Gasteiger partial charge in [-0.1, -0.05) is 17.4 Å². The Morgan fingerprint density at radius 3 is 2.61 bits per heavy atom. The van der Waals surface area contributed by atoms with E-state index in [1.807, 2.05) is 0 Å². The number of aryl methyl sites for hydroxylation is 2. The van der Waals surface area contributed by atoms with E-state index in [9.17, 15) is 9.18 Å². The molecule has 1 aromatic heterocycles. The average molecular weight is 419 g/mol. The van der Waals surface area contributed by atoms with E-state index in [-0.39, 0.29) is 11.7 Å². The average Bonchev–Trinajstić information content (AvgIpc) is 3.05. The molecule has 0 saturated heterocycles. The lowest BCUT2D eigenvalue weighted by atomic mass is 10.1. The minimum absolute atomic E-state index is 0.0176. The molecule has 0 aliphatic rings. The number of likely N-dealkylation sites (N-methyl/N-ethyl adjacent to an activating group) is 1. The Bertz CT molecular complexity index is 970. The van der Waals surface area contributed by atoms with Gasteiger partial charge in [0.15, 0.2) is 5.13 Å². The molecule has 3 rings (SSSR count). The van der Waals surface area contributed by atoms with Crippen LogP contribution in [0.15, 0.2) is 41.3 Å². The Morgan fingerprint density at radius 1 is 1.21 bits per heavy atom. The molecule has 2 aromatic carbocycles. The molecule has 0 spiro atoms. The quantitative estimate of drug-likeness (QED) is 0.598. The smallest absolute Gasteiger partial charge is 0.239 e. The Hall–Kier alpha value is -1.96. The van der Waals surface area contributed by atoms with Crippen molar-refractivity contribution >= 4 is 44.4 Å². The normalized spacial score (nSPS) is 11.4. The number of carbonyl (C=O) groups excluding carboxylic acids is 1. The van der Waals surface area contributed by atoms with Crippen LogP contribution < -0.4 is 9.80 Å². The topological polar surface area (TPSA) is 37.6 Å². The molecule has 0 unspecified atom stereocenters. The molecule has 3 aromatic rings. The Kier molecular flexibility index (Phi) is 6.69. The summed E-state index contributed by atoms with van der Waals surface area (Å²) in [5.41, 5.74) is 3.30. The minimum Gasteiger partial charge on any atom is -0.338 e. The molecule has 1 amide bonds. The van der Waals surface area contributed by atoms with Gasteiger partial charge in [-0.2, -0.15) is 0 Å². The first-order valence-electron chi connectivity index (χ1n) is 9.19. The fraction of sp³-hybridized carbons (Fsp3) is 0.333. The molecule has 0 saturated carbocycles. The molecule has 0 aliphatic carbocycles. The summed E-state index contributed by atoms with van der Waals surface area (Å²) in [5.74, 6) is 0.0397. The number of fused-ring (bicyclic) bond motifs is 1. The van der Waals surface area contributed by atoms with Gasteiger partial charge in [-0.3, -0.25) is 9.69 Å². The Balaban J connectivity index is 1.82. The van der Waals surface area contributed by atoms with Gasteiger partial charge in [-0.25, -0.2) is 9.37 Å². The van der Waals surface area contributed by atoms with Crippen molar-refractivity contribution in [1.29, 1.82) is 0 Å². The van der Waals surface area contributed by atoms with Crippen molar-refractivity contribution in [1.82, 2.24) is 4.98 Å². The highest BCUT2D eigenvalue weighted by molar-refractivity contribution is 8.00. The van der Waals surface area contributed by atoms with E-state index >= 15 is 0 Å². The molecule has 28 heavy (non-hydrogen) atoms. The number of thiazole rings is 1. The summed E-state index contributed by atoms with van der Waals surface area (Å²) in [4.78, 5) is 21.7. The van der Waals surface area contributed by atoms with E-state index in [0.717, 1.165) is 26.8 Å². The summed E-state index contributed by atoms with van der Waals surface area (Å²) in [7, 11) is 4.14. The van der Waals surface area contributed by atoms with Crippen LogP contribution in [0.25, 0.3) is 10.2 Å². The Labute approximate surface area is 173 Å². The maximum atomic E-state index is 13.1. The van der Waals surface area contributed by atoms with Crippen LogP contribution in [0.2, 0.25) is 0 Å². The van der Waals surface area contributed by atoms with Crippen molar-refractivity contribution in [2.24, 2.45) is 0 Å². The molecule has 148 valence electrons. The predicted molar refractivity (Wildman–Crippen MR) is 116 cm³/mol. The van der Waals surface area contributed by atoms with Crippen LogP contribution in [0.5, 0.6) is 0 Å². The van der Waals surface area contributed by atoms with Gasteiger partial charge in [0.2, 0.25) is 5.91 Å². The fourth-order valence-electron chi connectivity index (χ4n) is 2.90. The van der Waals surface area contributed by atoms with E-state index in [2.05, 4.69) is 40.1 Å². The van der Waals surface area contributed by atoms with Crippen molar-refractivity contribution in [2.75, 3.05) is 37.8 Å². The van der Waals surface area contributed by atoms with Crippen molar-refractivity contribution in [3.8, 4) is 0 Å². The molecule has 0 aliphatic heterocycles. The Morgan fingerprint density at radius 2 is 1.93 bits per heavy atom. The highest BCUT2D eigenvalue weighted by Gasteiger charge is 2.21. The van der Waals surface area contributed by atoms with Gasteiger partial charge in [0, 0.05) is 4.90 Å². The highest BCUT2D eigenvalue weighted by Crippen LogP contribution is 2.32. The summed E-state index contributed by atoms with van der Waals surface area (Å²) >= 11 is 2.99. The van der Waals surface area contributed by atoms with Crippen LogP contribution in [0.4, 0.5) is 9.52 Å². The summed E-state index contributed by atoms with van der Waals surface area (Å²) in [6.07, 6.45) is 0. The lowest BCUT2D eigenvalue weighted by Crippen LogP contribution is -3.06. The summed E-state index contributed by atoms with van der Waals surface area (Å²) < 4.78 is 14.2. The number of hydrogen-bond donors (Lipinski definition) is 1. The molecule has 0 bridgehead atoms. The molecule has 1 N–H and O–H groups in total. The number of aromatic nitrogens is 1. The number of nitrogens with zero attached hydrogens (tertiary/aromatic N) is 2. The van der Waals surface area contributed by atoms with Gasteiger partial charge in [0.1, 0.15) is 5.82 Å². The number of thioether (sulfide) groups is 1. The maximum absolute atomic E-state index is 13.1. The van der Waals surface area contributed by atoms with Crippen LogP contribution in [-0.2, 0) is 4.79 Å². The zero-order chi connectivity index (χ0) is 20.3. The first-order valence-corrected chi connectivity index (χ1v) is 11.0. The monoisotopic (exact) mass is 418 g/mol. The number of quaternary nitrogens is 1. The van der Waals surface area contributed by atoms with E-state index in [1.165, 1.54) is 39.9 Å². The first-order chi connectivity index (χ1) is 13.3. The summed E-state index contributed by atoms with van der Waals surface area (Å²) in [6, 6.07) is 10.4. The SMILES string of the molecule is Cc1cc(C)c2sc(N(CC[NH+](C)C)C(=O)CSc3ccc(F)cc3)nc2c1. The number of amides is 1. The molecular weight excluding hydrogens is 393 g/mol. The maximum Gasteiger partial charge on any atom is 0.239 e. The summed E-state index contributed by atoms with van der Waals surface area (Å²) in [6.45, 7) is 5.59. The highest BCUT2D eigenvalue weighted by atomic mass is 32.2. The van der Waals surface area contributed by atoms with E-state index in [1.54, 1.807) is 28.4 Å². The van der Waals surface area contributed by atoms with Crippen LogP contribution in [0, 0.1) is 19.7 Å². The fourth-order valence-corrected chi connectivity index (χ4v) is 4.73. The molecule has 0 fully saturated rings. The molecular formula is C21H25FN3OS2+. The standard InChI is InChI=1S/C21H24FN3OS2/c1-14-11-15(2)20-18(12-14)23-21(28-20)25(10-9-24(3)4)19(26)13-27-17-7-5-16(22)6-8-17/h5-8,11-12H,9-10,13H2,1-4H3/p+1. The van der Waals surface area contributed by atoms with E-state index < -0.39 is 0 Å². The molecule has 1 heterocycles. The van der Waals surface area contributed by atoms with Crippen LogP contribution in [0.1, 0.15) is 11.1 Å². The molecule has 4 nitrogen and oxygen atoms in total. The first kappa shape index (κ1) is 20.8. The third-order valence-electron chi connectivity index (χ3n) is 4.35. The molecule has 0 atom stereocenters. The predicted octanol–water partition coefficient (Wildman–Crippen LogP) is 3.32. The van der Waals surface area contributed by atoms with Gasteiger partial charge in [0.05, 0.1) is 43.2 Å². The van der Waals surface area contributed by atoms with Crippen molar-refractivity contribution in [3.05, 3.63) is 53.3 Å². The van der Waals surface area contributed by atoms with Gasteiger partial charge < -0.3 is 4.90 Å². The van der Waals surface area contributed by atoms with Gasteiger partial charge >= 0.3 is 0 Å². The number of hydrogen-bond acceptors (Lipinski definition) is 4. The molecule has 0 radical (unpaired) electrons. The second-order valence-electron chi connectivity index (χ2n) is 7.17. The van der Waals surface area contributed by atoms with Gasteiger partial charge in [-0.15, -0.1) is 11.8 Å². The van der Waals surface area contributed by atoms with Crippen molar-refractivity contribution < 1.29 is 14.1 Å². The third-order valence-corrected chi connectivity index (χ3v) is 6.58. The lowest BCUT2D eigenvalue weighted by molar-refractivity contribution is -0.856. The van der Waals surface area contributed by atoms with Crippen LogP contribution in [-0.4, -0.2) is 43.8 Å². The van der Waals surface area contributed by atoms with Crippen molar-refractivity contribution in [3.63, 3.8) is 0 Å². The summed E-state index contributed by atoms with van der Waals surface area (Å²) in [5, 5.41) is 0.745. The lowest BCUT2D eigenvalue weighted by Gasteiger charge is -2.20. The molecule has 7 heteroatoms. The zero-order valence-corrected chi connectivity index (χ0v) is 18.2. The van der Waals surface area contributed by atoms with E-state index in [0.29, 0.717) is 12.3 Å². The number of halogens is 1. The van der Waals surface area contributed by atoms with Gasteiger partial charge in [-0.05, 0) is 55.3 Å². The number of nitrogens with one attached hydrogen (secondary N) is 1. The third kappa shape index (κ3) is 5.10. The van der Waals surface area contributed by atoms with E-state index in [4.69, 9.17) is 4.98 Å². The number of rotatable bonds is 7. The zero-order valence-electron chi connectivity index (χ0n) is 16.6. The number of carbonyl (C=O) groups is 1. The second kappa shape index (κ2) is 9.03. The second-order valence-corrected chi connectivity index (χ2v) is 9.20. The van der Waals surface area contributed by atoms with Crippen LogP contribution >= 0.6 is 23.1 Å². The van der Waals surface area contributed by atoms with Crippen LogP contribution in [0.3, 0.4) is 0 Å².